The van der Waals surface area contributed by atoms with Crippen LogP contribution in [0.15, 0.2) is 24.3 Å². The first-order valence-corrected chi connectivity index (χ1v) is 7.55. The summed E-state index contributed by atoms with van der Waals surface area (Å²) >= 11 is 0. The summed E-state index contributed by atoms with van der Waals surface area (Å²) < 4.78 is 2.26. The maximum atomic E-state index is 6.12. The summed E-state index contributed by atoms with van der Waals surface area (Å²) in [6.07, 6.45) is 1.81. The fraction of sp³-hybridized carbons (Fsp3) is 0.375. The average molecular weight is 299 g/mol. The van der Waals surface area contributed by atoms with Crippen molar-refractivity contribution >= 4 is 27.8 Å². The van der Waals surface area contributed by atoms with Crippen LogP contribution in [-0.2, 0) is 17.8 Å². The summed E-state index contributed by atoms with van der Waals surface area (Å²) in [6, 6.07) is 8.06. The topological polar surface area (TPSA) is 78.0 Å². The van der Waals surface area contributed by atoms with Gasteiger partial charge in [-0.25, -0.2) is 15.4 Å². The Morgan fingerprint density at radius 2 is 2.09 bits per heavy atom. The Kier molecular flexibility index (Phi) is 4.22. The molecule has 6 nitrogen and oxygen atoms in total. The van der Waals surface area contributed by atoms with Gasteiger partial charge in [0.05, 0.1) is 18.1 Å². The van der Waals surface area contributed by atoms with Crippen molar-refractivity contribution in [3.8, 4) is 0 Å². The molecule has 2 aromatic heterocycles. The number of imidazole rings is 1. The van der Waals surface area contributed by atoms with E-state index in [-0.39, 0.29) is 0 Å². The van der Waals surface area contributed by atoms with Gasteiger partial charge in [0.15, 0.2) is 5.82 Å². The summed E-state index contributed by atoms with van der Waals surface area (Å²) in [4.78, 5) is 14.1. The Morgan fingerprint density at radius 1 is 1.27 bits per heavy atom. The van der Waals surface area contributed by atoms with Crippen molar-refractivity contribution in [2.24, 2.45) is 0 Å². The Bertz CT molecular complexity index is 796. The molecule has 0 aliphatic heterocycles. The van der Waals surface area contributed by atoms with Crippen LogP contribution in [-0.4, -0.2) is 28.2 Å². The number of hydrogen-bond donors (Lipinski definition) is 2. The van der Waals surface area contributed by atoms with Crippen molar-refractivity contribution < 1.29 is 4.84 Å². The molecule has 1 aromatic carbocycles. The van der Waals surface area contributed by atoms with E-state index in [1.54, 1.807) is 7.11 Å². The van der Waals surface area contributed by atoms with Crippen LogP contribution >= 0.6 is 0 Å². The van der Waals surface area contributed by atoms with E-state index < -0.39 is 0 Å². The second-order valence-electron chi connectivity index (χ2n) is 5.20. The van der Waals surface area contributed by atoms with Gasteiger partial charge in [0, 0.05) is 24.9 Å². The van der Waals surface area contributed by atoms with Crippen LogP contribution in [0.3, 0.4) is 0 Å². The number of nitrogens with two attached hydrogens (primary N) is 1. The van der Waals surface area contributed by atoms with Gasteiger partial charge in [-0.15, -0.1) is 0 Å². The number of hydroxylamine groups is 1. The molecular weight excluding hydrogens is 278 g/mol. The molecule has 0 aliphatic carbocycles. The van der Waals surface area contributed by atoms with Crippen molar-refractivity contribution in [3.05, 3.63) is 30.1 Å². The van der Waals surface area contributed by atoms with E-state index >= 15 is 0 Å². The molecular formula is C16H21N5O. The number of hydrogen-bond acceptors (Lipinski definition) is 5. The third-order valence-electron chi connectivity index (χ3n) is 3.81. The second-order valence-corrected chi connectivity index (χ2v) is 5.20. The van der Waals surface area contributed by atoms with Crippen molar-refractivity contribution in [2.45, 2.75) is 26.3 Å². The number of pyridine rings is 1. The molecule has 0 radical (unpaired) electrons. The lowest BCUT2D eigenvalue weighted by molar-refractivity contribution is 0.0901. The second kappa shape index (κ2) is 6.29. The van der Waals surface area contributed by atoms with Crippen molar-refractivity contribution in [1.29, 1.82) is 0 Å². The Labute approximate surface area is 129 Å². The molecule has 0 saturated heterocycles. The number of anilines is 1. The fourth-order valence-corrected chi connectivity index (χ4v) is 2.83. The first-order chi connectivity index (χ1) is 10.8. The molecule has 0 fully saturated rings. The van der Waals surface area contributed by atoms with Crippen LogP contribution in [0.25, 0.3) is 21.9 Å². The van der Waals surface area contributed by atoms with Crippen molar-refractivity contribution in [2.75, 3.05) is 19.4 Å². The normalized spacial score (nSPS) is 11.5. The van der Waals surface area contributed by atoms with Crippen LogP contribution in [0.1, 0.15) is 19.2 Å². The molecule has 3 N–H and O–H groups in total. The van der Waals surface area contributed by atoms with E-state index in [4.69, 9.17) is 15.6 Å². The van der Waals surface area contributed by atoms with Gasteiger partial charge >= 0.3 is 0 Å². The smallest absolute Gasteiger partial charge is 0.152 e. The SMILES string of the molecule is CCc1nc2c(N)nc3ccccc3c2n1CCCNOC. The summed E-state index contributed by atoms with van der Waals surface area (Å²) in [6.45, 7) is 3.76. The number of benzene rings is 1. The van der Waals surface area contributed by atoms with Gasteiger partial charge in [-0.2, -0.15) is 0 Å². The molecule has 6 heteroatoms. The van der Waals surface area contributed by atoms with Crippen LogP contribution < -0.4 is 11.2 Å². The highest BCUT2D eigenvalue weighted by molar-refractivity contribution is 6.06. The highest BCUT2D eigenvalue weighted by Crippen LogP contribution is 2.29. The van der Waals surface area contributed by atoms with Gasteiger partial charge in [-0.1, -0.05) is 25.1 Å². The minimum Gasteiger partial charge on any atom is -0.382 e. The number of nitrogen functional groups attached to an aromatic ring is 1. The summed E-state index contributed by atoms with van der Waals surface area (Å²) in [5.74, 6) is 1.54. The molecule has 0 aliphatic rings. The average Bonchev–Trinajstić information content (AvgIpc) is 2.91. The Hall–Kier alpha value is -2.18. The zero-order valence-electron chi connectivity index (χ0n) is 13.0. The van der Waals surface area contributed by atoms with E-state index in [0.717, 1.165) is 53.7 Å². The number of fused-ring (bicyclic) bond motifs is 3. The fourth-order valence-electron chi connectivity index (χ4n) is 2.83. The number of nitrogens with zero attached hydrogens (tertiary/aromatic N) is 3. The predicted octanol–water partition coefficient (Wildman–Crippen LogP) is 2.27. The Balaban J connectivity index is 2.15. The molecule has 3 rings (SSSR count). The molecule has 0 atom stereocenters. The lowest BCUT2D eigenvalue weighted by atomic mass is 10.2. The van der Waals surface area contributed by atoms with Gasteiger partial charge in [0.25, 0.3) is 0 Å². The molecule has 22 heavy (non-hydrogen) atoms. The maximum absolute atomic E-state index is 6.12. The van der Waals surface area contributed by atoms with Crippen LogP contribution in [0, 0.1) is 0 Å². The first-order valence-electron chi connectivity index (χ1n) is 7.55. The van der Waals surface area contributed by atoms with E-state index in [1.807, 2.05) is 18.2 Å². The molecule has 0 spiro atoms. The monoisotopic (exact) mass is 299 g/mol. The Morgan fingerprint density at radius 3 is 2.86 bits per heavy atom. The third kappa shape index (κ3) is 2.51. The standard InChI is InChI=1S/C16H21N5O/c1-3-13-20-14-15(21(13)10-6-9-18-22-2)11-7-4-5-8-12(11)19-16(14)17/h4-5,7-8,18H,3,6,9-10H2,1-2H3,(H2,17,19). The zero-order valence-corrected chi connectivity index (χ0v) is 13.0. The number of nitrogens with one attached hydrogen (secondary N) is 1. The molecule has 116 valence electrons. The minimum atomic E-state index is 0.497. The van der Waals surface area contributed by atoms with Crippen LogP contribution in [0.4, 0.5) is 5.82 Å². The molecule has 3 aromatic rings. The minimum absolute atomic E-state index is 0.497. The number of aryl methyl sites for hydroxylation is 2. The van der Waals surface area contributed by atoms with Crippen molar-refractivity contribution in [1.82, 2.24) is 20.0 Å². The molecule has 0 saturated carbocycles. The van der Waals surface area contributed by atoms with E-state index in [9.17, 15) is 0 Å². The van der Waals surface area contributed by atoms with Gasteiger partial charge in [-0.3, -0.25) is 0 Å². The zero-order chi connectivity index (χ0) is 15.5. The van der Waals surface area contributed by atoms with Gasteiger partial charge < -0.3 is 15.1 Å². The van der Waals surface area contributed by atoms with E-state index in [1.165, 1.54) is 0 Å². The quantitative estimate of drug-likeness (QED) is 0.539. The van der Waals surface area contributed by atoms with Crippen LogP contribution in [0.5, 0.6) is 0 Å². The molecule has 0 bridgehead atoms. The van der Waals surface area contributed by atoms with Crippen LogP contribution in [0.2, 0.25) is 0 Å². The summed E-state index contributed by atoms with van der Waals surface area (Å²) in [7, 11) is 1.63. The number of rotatable bonds is 6. The number of para-hydroxylation sites is 1. The van der Waals surface area contributed by atoms with E-state index in [2.05, 4.69) is 28.0 Å². The molecule has 0 unspecified atom stereocenters. The molecule has 0 amide bonds. The van der Waals surface area contributed by atoms with Gasteiger partial charge in [-0.05, 0) is 12.5 Å². The van der Waals surface area contributed by atoms with E-state index in [0.29, 0.717) is 5.82 Å². The lowest BCUT2D eigenvalue weighted by Gasteiger charge is -2.10. The number of aromatic nitrogens is 3. The van der Waals surface area contributed by atoms with Gasteiger partial charge in [0.2, 0.25) is 0 Å². The lowest BCUT2D eigenvalue weighted by Crippen LogP contribution is -2.15. The molecule has 2 heterocycles. The van der Waals surface area contributed by atoms with Crippen molar-refractivity contribution in [3.63, 3.8) is 0 Å². The third-order valence-corrected chi connectivity index (χ3v) is 3.81. The highest BCUT2D eigenvalue weighted by Gasteiger charge is 2.15. The van der Waals surface area contributed by atoms with Gasteiger partial charge in [0.1, 0.15) is 11.3 Å². The summed E-state index contributed by atoms with van der Waals surface area (Å²) in [5.41, 5.74) is 11.8. The first kappa shape index (κ1) is 14.7. The highest BCUT2D eigenvalue weighted by atomic mass is 16.6. The summed E-state index contributed by atoms with van der Waals surface area (Å²) in [5, 5.41) is 1.10. The maximum Gasteiger partial charge on any atom is 0.152 e. The largest absolute Gasteiger partial charge is 0.382 e. The predicted molar refractivity (Wildman–Crippen MR) is 88.5 cm³/mol.